The smallest absolute Gasteiger partial charge is 0.244 e. The van der Waals surface area contributed by atoms with E-state index in [1.54, 1.807) is 0 Å². The minimum Gasteiger partial charge on any atom is -0.244 e. The highest BCUT2D eigenvalue weighted by molar-refractivity contribution is 5.10. The highest BCUT2D eigenvalue weighted by atomic mass is 19.4. The molecule has 13 heteroatoms. The molecule has 0 nitrogen and oxygen atoms in total. The molecule has 0 saturated carbocycles. The van der Waals surface area contributed by atoms with Crippen molar-refractivity contribution in [3.8, 4) is 0 Å². The molecule has 0 aromatic heterocycles. The molecule has 0 radical (unpaired) electrons. The Bertz CT molecular complexity index is 376. The Hall–Kier alpha value is -0.910. The van der Waals surface area contributed by atoms with E-state index >= 15 is 0 Å². The lowest BCUT2D eigenvalue weighted by Crippen LogP contribution is -2.70. The third-order valence-electron chi connectivity index (χ3n) is 2.36. The van der Waals surface area contributed by atoms with Crippen LogP contribution in [0.1, 0.15) is 6.92 Å². The maximum absolute atomic E-state index is 12.7. The summed E-state index contributed by atoms with van der Waals surface area (Å²) in [5.41, 5.74) is 0. The lowest BCUT2D eigenvalue weighted by Gasteiger charge is -2.40. The lowest BCUT2D eigenvalue weighted by atomic mass is 9.92. The summed E-state index contributed by atoms with van der Waals surface area (Å²) in [5.74, 6) is -42.2. The van der Waals surface area contributed by atoms with E-state index < -0.39 is 49.1 Å². The predicted octanol–water partition coefficient (Wildman–Crippen LogP) is 4.79. The first-order valence-electron chi connectivity index (χ1n) is 4.64. The molecular weight excluding hydrogens is 343 g/mol. The van der Waals surface area contributed by atoms with E-state index in [0.717, 1.165) is 0 Å². The van der Waals surface area contributed by atoms with Crippen molar-refractivity contribution < 1.29 is 57.1 Å². The van der Waals surface area contributed by atoms with Crippen LogP contribution in [0, 0.1) is 0 Å². The standard InChI is InChI=1S/C8H5F13/c1-3(10,11)5(14,15)7(18,19)8(20,21)6(16,17)4(12,13)2-9/h2H2,1H3. The van der Waals surface area contributed by atoms with E-state index in [0.29, 0.717) is 0 Å². The summed E-state index contributed by atoms with van der Waals surface area (Å²) < 4.78 is 162. The topological polar surface area (TPSA) is 0 Å². The molecule has 0 aliphatic heterocycles. The molecule has 0 aromatic rings. The van der Waals surface area contributed by atoms with Gasteiger partial charge in [0.2, 0.25) is 0 Å². The number of alkyl halides is 13. The molecule has 0 fully saturated rings. The van der Waals surface area contributed by atoms with Crippen LogP contribution in [-0.4, -0.2) is 42.2 Å². The van der Waals surface area contributed by atoms with Gasteiger partial charge >= 0.3 is 35.5 Å². The number of halogens is 13. The van der Waals surface area contributed by atoms with Crippen molar-refractivity contribution in [3.05, 3.63) is 0 Å². The van der Waals surface area contributed by atoms with Crippen LogP contribution in [0.25, 0.3) is 0 Å². The highest BCUT2D eigenvalue weighted by Gasteiger charge is 2.89. The Morgan fingerprint density at radius 1 is 0.524 bits per heavy atom. The molecule has 0 N–H and O–H groups in total. The first-order chi connectivity index (χ1) is 8.81. The maximum Gasteiger partial charge on any atom is 0.384 e. The minimum absolute atomic E-state index is 1.01. The highest BCUT2D eigenvalue weighted by Crippen LogP contribution is 2.59. The molecule has 0 aliphatic carbocycles. The van der Waals surface area contributed by atoms with Crippen molar-refractivity contribution in [1.82, 2.24) is 0 Å². The molecular formula is C8H5F13. The molecule has 0 amide bonds. The van der Waals surface area contributed by atoms with Gasteiger partial charge in [0.15, 0.2) is 6.67 Å². The molecule has 0 spiro atoms. The van der Waals surface area contributed by atoms with E-state index in [9.17, 15) is 57.1 Å². The van der Waals surface area contributed by atoms with Crippen LogP contribution >= 0.6 is 0 Å². The number of hydrogen-bond donors (Lipinski definition) is 0. The van der Waals surface area contributed by atoms with E-state index in [1.807, 2.05) is 0 Å². The van der Waals surface area contributed by atoms with Gasteiger partial charge in [-0.05, 0) is 0 Å². The Kier molecular flexibility index (Phi) is 4.59. The third kappa shape index (κ3) is 2.51. The van der Waals surface area contributed by atoms with Gasteiger partial charge in [-0.2, -0.15) is 52.7 Å². The first kappa shape index (κ1) is 20.1. The van der Waals surface area contributed by atoms with Crippen molar-refractivity contribution in [2.75, 3.05) is 6.67 Å². The van der Waals surface area contributed by atoms with Crippen molar-refractivity contribution in [2.45, 2.75) is 42.5 Å². The summed E-state index contributed by atoms with van der Waals surface area (Å²) in [6.07, 6.45) is 0. The Labute approximate surface area is 107 Å². The third-order valence-corrected chi connectivity index (χ3v) is 2.36. The average molecular weight is 348 g/mol. The number of hydrogen-bond acceptors (Lipinski definition) is 0. The molecule has 0 unspecified atom stereocenters. The van der Waals surface area contributed by atoms with Gasteiger partial charge < -0.3 is 0 Å². The van der Waals surface area contributed by atoms with Crippen molar-refractivity contribution in [3.63, 3.8) is 0 Å². The van der Waals surface area contributed by atoms with Crippen molar-refractivity contribution in [1.29, 1.82) is 0 Å². The molecule has 0 saturated heterocycles. The second kappa shape index (κ2) is 4.80. The minimum atomic E-state index is -7.67. The van der Waals surface area contributed by atoms with Crippen LogP contribution in [0.5, 0.6) is 0 Å². The first-order valence-corrected chi connectivity index (χ1v) is 4.64. The average Bonchev–Trinajstić information content (AvgIpc) is 2.26. The molecule has 21 heavy (non-hydrogen) atoms. The molecule has 0 atom stereocenters. The SMILES string of the molecule is CC(F)(F)C(F)(F)C(F)(F)C(F)(F)C(F)(F)C(F)(F)CF. The molecule has 128 valence electrons. The summed E-state index contributed by atoms with van der Waals surface area (Å²) >= 11 is 0. The summed E-state index contributed by atoms with van der Waals surface area (Å²) in [5, 5.41) is 0. The van der Waals surface area contributed by atoms with Gasteiger partial charge in [-0.25, -0.2) is 4.39 Å². The fourth-order valence-electron chi connectivity index (χ4n) is 0.984. The van der Waals surface area contributed by atoms with E-state index in [4.69, 9.17) is 0 Å². The molecule has 0 aromatic carbocycles. The fourth-order valence-corrected chi connectivity index (χ4v) is 0.984. The zero-order valence-electron chi connectivity index (χ0n) is 9.62. The van der Waals surface area contributed by atoms with Crippen LogP contribution in [0.3, 0.4) is 0 Å². The zero-order valence-corrected chi connectivity index (χ0v) is 9.62. The van der Waals surface area contributed by atoms with Crippen LogP contribution in [0.2, 0.25) is 0 Å². The zero-order chi connectivity index (χ0) is 17.7. The Morgan fingerprint density at radius 2 is 0.810 bits per heavy atom. The quantitative estimate of drug-likeness (QED) is 0.606. The van der Waals surface area contributed by atoms with Gasteiger partial charge in [0.25, 0.3) is 0 Å². The van der Waals surface area contributed by atoms with E-state index in [2.05, 4.69) is 0 Å². The van der Waals surface area contributed by atoms with Gasteiger partial charge in [-0.15, -0.1) is 0 Å². The molecule has 0 heterocycles. The van der Waals surface area contributed by atoms with Crippen LogP contribution in [0.15, 0.2) is 0 Å². The van der Waals surface area contributed by atoms with Crippen LogP contribution < -0.4 is 0 Å². The van der Waals surface area contributed by atoms with E-state index in [-0.39, 0.29) is 0 Å². The van der Waals surface area contributed by atoms with E-state index in [1.165, 1.54) is 0 Å². The predicted molar refractivity (Wildman–Crippen MR) is 41.3 cm³/mol. The van der Waals surface area contributed by atoms with Gasteiger partial charge in [-0.3, -0.25) is 0 Å². The normalized spacial score (nSPS) is 16.3. The summed E-state index contributed by atoms with van der Waals surface area (Å²) in [7, 11) is 0. The molecule has 0 aliphatic rings. The Morgan fingerprint density at radius 3 is 1.05 bits per heavy atom. The second-order valence-electron chi connectivity index (χ2n) is 4.02. The van der Waals surface area contributed by atoms with Gasteiger partial charge in [0.05, 0.1) is 0 Å². The van der Waals surface area contributed by atoms with Crippen molar-refractivity contribution in [2.24, 2.45) is 0 Å². The maximum atomic E-state index is 12.7. The van der Waals surface area contributed by atoms with Crippen LogP contribution in [0.4, 0.5) is 57.1 Å². The number of rotatable bonds is 6. The largest absolute Gasteiger partial charge is 0.384 e. The van der Waals surface area contributed by atoms with Crippen molar-refractivity contribution >= 4 is 0 Å². The monoisotopic (exact) mass is 348 g/mol. The van der Waals surface area contributed by atoms with Gasteiger partial charge in [0.1, 0.15) is 0 Å². The summed E-state index contributed by atoms with van der Waals surface area (Å²) in [4.78, 5) is 0. The van der Waals surface area contributed by atoms with Gasteiger partial charge in [-0.1, -0.05) is 0 Å². The second-order valence-corrected chi connectivity index (χ2v) is 4.02. The van der Waals surface area contributed by atoms with Gasteiger partial charge in [0, 0.05) is 6.92 Å². The fraction of sp³-hybridized carbons (Fsp3) is 1.00. The summed E-state index contributed by atoms with van der Waals surface area (Å²) in [6, 6.07) is 0. The molecule has 0 rings (SSSR count). The lowest BCUT2D eigenvalue weighted by molar-refractivity contribution is -0.423. The van der Waals surface area contributed by atoms with Crippen LogP contribution in [-0.2, 0) is 0 Å². The summed E-state index contributed by atoms with van der Waals surface area (Å²) in [6.45, 7) is -4.62. The Balaban J connectivity index is 6.14. The molecule has 0 bridgehead atoms.